The van der Waals surface area contributed by atoms with Gasteiger partial charge in [0.1, 0.15) is 0 Å². The molecule has 0 aliphatic carbocycles. The van der Waals surface area contributed by atoms with E-state index in [0.29, 0.717) is 0 Å². The molecule has 4 nitrogen and oxygen atoms in total. The van der Waals surface area contributed by atoms with Gasteiger partial charge < -0.3 is 0 Å². The third kappa shape index (κ3) is 3.67. The van der Waals surface area contributed by atoms with Gasteiger partial charge in [-0.2, -0.15) is 0 Å². The number of amides is 1. The molecule has 4 heteroatoms. The molecule has 0 N–H and O–H groups in total. The smallest absolute Gasteiger partial charge is 0.242 e. The normalized spacial score (nSPS) is 10.4. The molecule has 1 radical (unpaired) electrons. The second-order valence-electron chi connectivity index (χ2n) is 3.82. The maximum atomic E-state index is 12.2. The lowest BCUT2D eigenvalue weighted by molar-refractivity contribution is -0.121. The summed E-state index contributed by atoms with van der Waals surface area (Å²) in [5.41, 5.74) is 0.831. The zero-order valence-electron chi connectivity index (χ0n) is 10.9. The number of hydrogen-bond acceptors (Lipinski definition) is 3. The highest BCUT2D eigenvalue weighted by Crippen LogP contribution is 2.17. The van der Waals surface area contributed by atoms with E-state index >= 15 is 0 Å². The van der Waals surface area contributed by atoms with Crippen molar-refractivity contribution >= 4 is 17.9 Å². The van der Waals surface area contributed by atoms with Crippen molar-refractivity contribution in [2.75, 3.05) is 18.1 Å². The van der Waals surface area contributed by atoms with Crippen LogP contribution >= 0.6 is 0 Å². The highest BCUT2D eigenvalue weighted by Gasteiger charge is 2.20. The molecule has 0 unspecified atom stereocenters. The number of hydrogen-bond donors (Lipinski definition) is 0. The van der Waals surface area contributed by atoms with Gasteiger partial charge in [-0.3, -0.25) is 9.59 Å². The Labute approximate surface area is 108 Å². The third-order valence-corrected chi connectivity index (χ3v) is 2.69. The zero-order valence-corrected chi connectivity index (χ0v) is 10.9. The lowest BCUT2D eigenvalue weighted by Crippen LogP contribution is -2.46. The van der Waals surface area contributed by atoms with Crippen LogP contribution in [0, 0.1) is 0 Å². The lowest BCUT2D eigenvalue weighted by atomic mass is 10.2. The van der Waals surface area contributed by atoms with Crippen LogP contribution in [0.15, 0.2) is 30.3 Å². The van der Waals surface area contributed by atoms with E-state index in [4.69, 9.17) is 0 Å². The molecular weight excluding hydrogens is 228 g/mol. The summed E-state index contributed by atoms with van der Waals surface area (Å²) in [7, 11) is 0. The Morgan fingerprint density at radius 2 is 1.78 bits per heavy atom. The second-order valence-corrected chi connectivity index (χ2v) is 3.82. The average Bonchev–Trinajstić information content (AvgIpc) is 2.43. The standard InChI is InChI=1S/C14H19N2O2/c1-3-15(4-2)16(14(18)11-8-12-17)13-9-6-5-7-10-13/h5-7,9-10H,3-4,8,11H2,1-2H3. The largest absolute Gasteiger partial charge is 0.291 e. The molecular formula is C14H19N2O2. The molecule has 0 heterocycles. The predicted molar refractivity (Wildman–Crippen MR) is 71.8 cm³/mol. The molecule has 0 fully saturated rings. The molecule has 1 amide bonds. The number of nitrogens with zero attached hydrogens (tertiary/aromatic N) is 2. The van der Waals surface area contributed by atoms with Crippen LogP contribution in [-0.2, 0) is 9.59 Å². The van der Waals surface area contributed by atoms with Crippen molar-refractivity contribution in [2.45, 2.75) is 26.7 Å². The van der Waals surface area contributed by atoms with Crippen molar-refractivity contribution in [2.24, 2.45) is 0 Å². The Morgan fingerprint density at radius 3 is 2.28 bits per heavy atom. The van der Waals surface area contributed by atoms with Gasteiger partial charge in [-0.25, -0.2) is 10.0 Å². The highest BCUT2D eigenvalue weighted by molar-refractivity contribution is 5.93. The summed E-state index contributed by atoms with van der Waals surface area (Å²) >= 11 is 0. The molecule has 0 aliphatic heterocycles. The Kier molecular flexibility index (Phi) is 6.08. The Hall–Kier alpha value is -1.68. The molecule has 0 saturated heterocycles. The van der Waals surface area contributed by atoms with Gasteiger partial charge in [0, 0.05) is 25.9 Å². The van der Waals surface area contributed by atoms with E-state index in [2.05, 4.69) is 0 Å². The minimum Gasteiger partial charge on any atom is -0.291 e. The van der Waals surface area contributed by atoms with E-state index in [9.17, 15) is 9.59 Å². The van der Waals surface area contributed by atoms with Crippen molar-refractivity contribution in [1.29, 1.82) is 0 Å². The quantitative estimate of drug-likeness (QED) is 0.693. The maximum absolute atomic E-state index is 12.2. The fraction of sp³-hybridized carbons (Fsp3) is 0.429. The zero-order chi connectivity index (χ0) is 13.4. The van der Waals surface area contributed by atoms with Crippen LogP contribution in [0.2, 0.25) is 0 Å². The number of carbonyl (C=O) groups is 1. The Balaban J connectivity index is 2.94. The molecule has 1 rings (SSSR count). The number of anilines is 1. The van der Waals surface area contributed by atoms with Crippen molar-refractivity contribution in [3.05, 3.63) is 30.3 Å². The molecule has 18 heavy (non-hydrogen) atoms. The minimum atomic E-state index is -0.0757. The third-order valence-electron chi connectivity index (χ3n) is 2.69. The SMILES string of the molecule is CCN(CC)N(C(=O)CC[C]=O)c1ccccc1. The Bertz CT molecular complexity index is 375. The summed E-state index contributed by atoms with van der Waals surface area (Å²) in [5.74, 6) is -0.0757. The average molecular weight is 247 g/mol. The molecule has 0 saturated carbocycles. The molecule has 0 bridgehead atoms. The van der Waals surface area contributed by atoms with E-state index in [1.807, 2.05) is 49.2 Å². The fourth-order valence-corrected chi connectivity index (χ4v) is 1.80. The van der Waals surface area contributed by atoms with Crippen molar-refractivity contribution in [3.8, 4) is 0 Å². The van der Waals surface area contributed by atoms with Gasteiger partial charge in [0.2, 0.25) is 5.91 Å². The maximum Gasteiger partial charge on any atom is 0.242 e. The number of rotatable bonds is 7. The fourth-order valence-electron chi connectivity index (χ4n) is 1.80. The number of para-hydroxylation sites is 1. The van der Waals surface area contributed by atoms with Gasteiger partial charge in [0.25, 0.3) is 0 Å². The summed E-state index contributed by atoms with van der Waals surface area (Å²) in [4.78, 5) is 22.4. The van der Waals surface area contributed by atoms with Gasteiger partial charge in [-0.1, -0.05) is 32.0 Å². The number of benzene rings is 1. The molecule has 0 spiro atoms. The highest BCUT2D eigenvalue weighted by atomic mass is 16.2. The van der Waals surface area contributed by atoms with Crippen molar-refractivity contribution < 1.29 is 9.59 Å². The topological polar surface area (TPSA) is 40.6 Å². The minimum absolute atomic E-state index is 0.0757. The summed E-state index contributed by atoms with van der Waals surface area (Å²) in [5, 5.41) is 3.60. The van der Waals surface area contributed by atoms with Crippen molar-refractivity contribution in [3.63, 3.8) is 0 Å². The first-order valence-corrected chi connectivity index (χ1v) is 6.22. The molecule has 1 aromatic rings. The predicted octanol–water partition coefficient (Wildman–Crippen LogP) is 2.17. The lowest BCUT2D eigenvalue weighted by Gasteiger charge is -2.33. The van der Waals surface area contributed by atoms with Gasteiger partial charge in [-0.15, -0.1) is 0 Å². The van der Waals surface area contributed by atoms with E-state index < -0.39 is 0 Å². The summed E-state index contributed by atoms with van der Waals surface area (Å²) < 4.78 is 0. The second kappa shape index (κ2) is 7.61. The van der Waals surface area contributed by atoms with Crippen LogP contribution in [0.25, 0.3) is 0 Å². The first-order valence-electron chi connectivity index (χ1n) is 6.22. The van der Waals surface area contributed by atoms with Gasteiger partial charge in [0.15, 0.2) is 6.29 Å². The van der Waals surface area contributed by atoms with Gasteiger partial charge in [0.05, 0.1) is 5.69 Å². The van der Waals surface area contributed by atoms with E-state index in [0.717, 1.165) is 18.8 Å². The monoisotopic (exact) mass is 247 g/mol. The van der Waals surface area contributed by atoms with Crippen LogP contribution in [0.4, 0.5) is 5.69 Å². The number of hydrazine groups is 1. The van der Waals surface area contributed by atoms with Crippen LogP contribution in [0.1, 0.15) is 26.7 Å². The first kappa shape index (κ1) is 14.4. The summed E-state index contributed by atoms with van der Waals surface area (Å²) in [6.07, 6.45) is 2.10. The number of carbonyl (C=O) groups excluding carboxylic acids is 2. The first-order chi connectivity index (χ1) is 8.74. The van der Waals surface area contributed by atoms with Crippen molar-refractivity contribution in [1.82, 2.24) is 5.01 Å². The summed E-state index contributed by atoms with van der Waals surface area (Å²) in [6.45, 7) is 5.47. The van der Waals surface area contributed by atoms with E-state index in [-0.39, 0.29) is 18.7 Å². The van der Waals surface area contributed by atoms with E-state index in [1.165, 1.54) is 0 Å². The summed E-state index contributed by atoms with van der Waals surface area (Å²) in [6, 6.07) is 9.48. The van der Waals surface area contributed by atoms with Crippen LogP contribution < -0.4 is 5.01 Å². The Morgan fingerprint density at radius 1 is 1.17 bits per heavy atom. The molecule has 0 atom stereocenters. The molecule has 97 valence electrons. The van der Waals surface area contributed by atoms with Crippen LogP contribution in [0.5, 0.6) is 0 Å². The van der Waals surface area contributed by atoms with Crippen LogP contribution in [0.3, 0.4) is 0 Å². The van der Waals surface area contributed by atoms with Crippen LogP contribution in [-0.4, -0.2) is 30.3 Å². The van der Waals surface area contributed by atoms with Gasteiger partial charge >= 0.3 is 0 Å². The molecule has 1 aromatic carbocycles. The van der Waals surface area contributed by atoms with E-state index in [1.54, 1.807) is 11.3 Å². The van der Waals surface area contributed by atoms with Gasteiger partial charge in [-0.05, 0) is 12.1 Å². The molecule has 0 aromatic heterocycles. The molecule has 0 aliphatic rings.